The molecular weight excluding hydrogens is 266 g/mol. The van der Waals surface area contributed by atoms with E-state index in [9.17, 15) is 4.79 Å². The highest BCUT2D eigenvalue weighted by Crippen LogP contribution is 2.13. The third-order valence-corrected chi connectivity index (χ3v) is 3.84. The van der Waals surface area contributed by atoms with E-state index >= 15 is 0 Å². The van der Waals surface area contributed by atoms with Crippen molar-refractivity contribution < 1.29 is 14.6 Å². The number of carbonyl (C=O) groups is 1. The van der Waals surface area contributed by atoms with Crippen LogP contribution in [0.15, 0.2) is 30.3 Å². The number of aliphatic carboxylic acids is 1. The van der Waals surface area contributed by atoms with Gasteiger partial charge in [-0.15, -0.1) is 0 Å². The van der Waals surface area contributed by atoms with Gasteiger partial charge in [-0.1, -0.05) is 30.3 Å². The number of rotatable bonds is 11. The minimum atomic E-state index is -0.826. The molecule has 1 aromatic rings. The molecule has 0 bridgehead atoms. The second-order valence-corrected chi connectivity index (χ2v) is 5.55. The highest BCUT2D eigenvalue weighted by atomic mass is 16.5. The molecule has 21 heavy (non-hydrogen) atoms. The van der Waals surface area contributed by atoms with Crippen LogP contribution >= 0.6 is 0 Å². The number of benzene rings is 1. The summed E-state index contributed by atoms with van der Waals surface area (Å²) in [4.78, 5) is 11.1. The van der Waals surface area contributed by atoms with Crippen molar-refractivity contribution in [3.05, 3.63) is 35.9 Å². The van der Waals surface area contributed by atoms with Crippen LogP contribution in [0.5, 0.6) is 0 Å². The average molecular weight is 293 g/mol. The minimum absolute atomic E-state index is 0.617. The largest absolute Gasteiger partial charge is 0.480 e. The van der Waals surface area contributed by atoms with Gasteiger partial charge in [-0.3, -0.25) is 4.79 Å². The molecule has 0 aromatic heterocycles. The Kier molecular flexibility index (Phi) is 8.01. The van der Waals surface area contributed by atoms with Crippen LogP contribution in [0.4, 0.5) is 0 Å². The van der Waals surface area contributed by atoms with Crippen molar-refractivity contribution in [1.82, 2.24) is 5.32 Å². The van der Waals surface area contributed by atoms with E-state index in [1.54, 1.807) is 14.0 Å². The van der Waals surface area contributed by atoms with Gasteiger partial charge in [0.1, 0.15) is 5.54 Å². The van der Waals surface area contributed by atoms with Crippen molar-refractivity contribution in [3.8, 4) is 0 Å². The van der Waals surface area contributed by atoms with E-state index in [1.807, 2.05) is 6.07 Å². The third kappa shape index (κ3) is 6.74. The zero-order chi connectivity index (χ0) is 15.6. The highest BCUT2D eigenvalue weighted by molar-refractivity contribution is 5.78. The predicted molar refractivity (Wildman–Crippen MR) is 84.5 cm³/mol. The number of hydrogen-bond acceptors (Lipinski definition) is 3. The van der Waals surface area contributed by atoms with Gasteiger partial charge in [0.05, 0.1) is 0 Å². The van der Waals surface area contributed by atoms with Crippen LogP contribution < -0.4 is 5.32 Å². The molecule has 118 valence electrons. The van der Waals surface area contributed by atoms with Crippen LogP contribution in [0.1, 0.15) is 38.2 Å². The van der Waals surface area contributed by atoms with E-state index in [0.29, 0.717) is 13.0 Å². The molecule has 0 saturated carbocycles. The molecule has 0 heterocycles. The third-order valence-electron chi connectivity index (χ3n) is 3.84. The Hall–Kier alpha value is -1.39. The first kappa shape index (κ1) is 17.7. The van der Waals surface area contributed by atoms with Gasteiger partial charge in [-0.05, 0) is 51.6 Å². The Morgan fingerprint density at radius 2 is 1.86 bits per heavy atom. The van der Waals surface area contributed by atoms with Gasteiger partial charge in [-0.2, -0.15) is 0 Å². The molecule has 4 heteroatoms. The lowest BCUT2D eigenvalue weighted by molar-refractivity contribution is -0.144. The Bertz CT molecular complexity index is 408. The summed E-state index contributed by atoms with van der Waals surface area (Å²) in [6, 6.07) is 10.4. The standard InChI is InChI=1S/C17H27NO3/c1-17(18-2,16(19)20)12-6-7-13-21-14-8-11-15-9-4-3-5-10-15/h3-5,9-10,18H,6-8,11-14H2,1-2H3,(H,19,20). The summed E-state index contributed by atoms with van der Waals surface area (Å²) in [6.07, 6.45) is 4.43. The summed E-state index contributed by atoms with van der Waals surface area (Å²) in [5.41, 5.74) is 0.514. The van der Waals surface area contributed by atoms with E-state index in [-0.39, 0.29) is 0 Å². The quantitative estimate of drug-likeness (QED) is 0.616. The minimum Gasteiger partial charge on any atom is -0.480 e. The number of aryl methyl sites for hydroxylation is 1. The summed E-state index contributed by atoms with van der Waals surface area (Å²) in [7, 11) is 1.69. The fourth-order valence-electron chi connectivity index (χ4n) is 2.15. The maximum absolute atomic E-state index is 11.1. The Morgan fingerprint density at radius 3 is 2.48 bits per heavy atom. The van der Waals surface area contributed by atoms with Crippen molar-refractivity contribution >= 4 is 5.97 Å². The molecule has 0 aliphatic rings. The van der Waals surface area contributed by atoms with Crippen LogP contribution in [0.2, 0.25) is 0 Å². The number of ether oxygens (including phenoxy) is 1. The second kappa shape index (κ2) is 9.53. The van der Waals surface area contributed by atoms with Crippen molar-refractivity contribution in [2.24, 2.45) is 0 Å². The normalized spacial score (nSPS) is 13.8. The Balaban J connectivity index is 2.01. The maximum Gasteiger partial charge on any atom is 0.323 e. The molecule has 0 fully saturated rings. The van der Waals surface area contributed by atoms with Gasteiger partial charge >= 0.3 is 5.97 Å². The molecule has 2 N–H and O–H groups in total. The lowest BCUT2D eigenvalue weighted by Gasteiger charge is -2.23. The molecule has 0 amide bonds. The monoisotopic (exact) mass is 293 g/mol. The maximum atomic E-state index is 11.1. The molecule has 1 aromatic carbocycles. The number of hydrogen-bond donors (Lipinski definition) is 2. The van der Waals surface area contributed by atoms with E-state index in [2.05, 4.69) is 29.6 Å². The molecule has 4 nitrogen and oxygen atoms in total. The first-order valence-electron chi connectivity index (χ1n) is 7.62. The van der Waals surface area contributed by atoms with Gasteiger partial charge in [0.25, 0.3) is 0 Å². The van der Waals surface area contributed by atoms with Gasteiger partial charge < -0.3 is 15.2 Å². The summed E-state index contributed by atoms with van der Waals surface area (Å²) in [5.74, 6) is -0.797. The van der Waals surface area contributed by atoms with Crippen LogP contribution in [-0.2, 0) is 16.0 Å². The summed E-state index contributed by atoms with van der Waals surface area (Å²) in [5, 5.41) is 12.0. The first-order valence-corrected chi connectivity index (χ1v) is 7.62. The first-order chi connectivity index (χ1) is 10.1. The molecule has 0 aliphatic carbocycles. The Labute approximate surface area is 127 Å². The fourth-order valence-corrected chi connectivity index (χ4v) is 2.15. The summed E-state index contributed by atoms with van der Waals surface area (Å²) in [6.45, 7) is 3.18. The molecule has 0 spiro atoms. The molecule has 1 unspecified atom stereocenters. The summed E-state index contributed by atoms with van der Waals surface area (Å²) < 4.78 is 5.60. The predicted octanol–water partition coefficient (Wildman–Crippen LogP) is 2.87. The molecule has 0 aliphatic heterocycles. The number of carboxylic acid groups (broad SMARTS) is 1. The highest BCUT2D eigenvalue weighted by Gasteiger charge is 2.29. The van der Waals surface area contributed by atoms with Gasteiger partial charge in [0.2, 0.25) is 0 Å². The van der Waals surface area contributed by atoms with Crippen LogP contribution in [0.25, 0.3) is 0 Å². The van der Waals surface area contributed by atoms with Crippen molar-refractivity contribution in [2.75, 3.05) is 20.3 Å². The smallest absolute Gasteiger partial charge is 0.323 e. The van der Waals surface area contributed by atoms with Crippen LogP contribution in [0, 0.1) is 0 Å². The molecule has 1 rings (SSSR count). The number of carboxylic acids is 1. The van der Waals surface area contributed by atoms with Crippen LogP contribution in [-0.4, -0.2) is 36.9 Å². The van der Waals surface area contributed by atoms with Crippen molar-refractivity contribution in [1.29, 1.82) is 0 Å². The van der Waals surface area contributed by atoms with Gasteiger partial charge in [0, 0.05) is 13.2 Å². The zero-order valence-corrected chi connectivity index (χ0v) is 13.1. The molecular formula is C17H27NO3. The van der Waals surface area contributed by atoms with Gasteiger partial charge in [-0.25, -0.2) is 0 Å². The number of unbranched alkanes of at least 4 members (excludes halogenated alkanes) is 1. The van der Waals surface area contributed by atoms with E-state index in [1.165, 1.54) is 5.56 Å². The average Bonchev–Trinajstić information content (AvgIpc) is 2.50. The SMILES string of the molecule is CNC(C)(CCCCOCCCc1ccccc1)C(=O)O. The van der Waals surface area contributed by atoms with Gasteiger partial charge in [0.15, 0.2) is 0 Å². The lowest BCUT2D eigenvalue weighted by Crippen LogP contribution is -2.47. The molecule has 1 atom stereocenters. The van der Waals surface area contributed by atoms with E-state index in [0.717, 1.165) is 32.3 Å². The fraction of sp³-hybridized carbons (Fsp3) is 0.588. The Morgan fingerprint density at radius 1 is 1.19 bits per heavy atom. The number of nitrogens with one attached hydrogen (secondary N) is 1. The molecule has 0 saturated heterocycles. The van der Waals surface area contributed by atoms with E-state index in [4.69, 9.17) is 9.84 Å². The second-order valence-electron chi connectivity index (χ2n) is 5.55. The topological polar surface area (TPSA) is 58.6 Å². The van der Waals surface area contributed by atoms with Crippen molar-refractivity contribution in [2.45, 2.75) is 44.6 Å². The van der Waals surface area contributed by atoms with Crippen LogP contribution in [0.3, 0.4) is 0 Å². The molecule has 0 radical (unpaired) electrons. The van der Waals surface area contributed by atoms with Crippen molar-refractivity contribution in [3.63, 3.8) is 0 Å². The summed E-state index contributed by atoms with van der Waals surface area (Å²) >= 11 is 0. The van der Waals surface area contributed by atoms with E-state index < -0.39 is 11.5 Å². The number of likely N-dealkylation sites (N-methyl/N-ethyl adjacent to an activating group) is 1. The lowest BCUT2D eigenvalue weighted by atomic mass is 9.95. The zero-order valence-electron chi connectivity index (χ0n) is 13.1.